The van der Waals surface area contributed by atoms with Crippen LogP contribution < -0.4 is 10.6 Å². The number of nitrogens with one attached hydrogen (secondary N) is 3. The van der Waals surface area contributed by atoms with Gasteiger partial charge in [-0.05, 0) is 74.3 Å². The van der Waals surface area contributed by atoms with Crippen LogP contribution in [0.4, 0.5) is 14.9 Å². The number of anilines is 1. The smallest absolute Gasteiger partial charge is 0.319 e. The van der Waals surface area contributed by atoms with Gasteiger partial charge < -0.3 is 15.5 Å². The molecule has 1 aliphatic rings. The number of rotatable bonds is 4. The first-order chi connectivity index (χ1) is 17.6. The molecule has 5 rings (SSSR count). The largest absolute Gasteiger partial charge is 0.329 e. The molecule has 3 N–H and O–H groups in total. The number of hydrogen-bond donors (Lipinski definition) is 3. The number of likely N-dealkylation sites (tertiary alicyclic amines) is 1. The van der Waals surface area contributed by atoms with Gasteiger partial charge in [0.05, 0.1) is 11.6 Å². The summed E-state index contributed by atoms with van der Waals surface area (Å²) < 4.78 is 13.5. The van der Waals surface area contributed by atoms with Crippen LogP contribution in [0.1, 0.15) is 42.1 Å². The zero-order valence-electron chi connectivity index (χ0n) is 20.1. The Bertz CT molecular complexity index is 1420. The van der Waals surface area contributed by atoms with E-state index < -0.39 is 0 Å². The fourth-order valence-electron chi connectivity index (χ4n) is 4.78. The Kier molecular flexibility index (Phi) is 6.96. The van der Waals surface area contributed by atoms with Crippen molar-refractivity contribution in [2.24, 2.45) is 0 Å². The highest BCUT2D eigenvalue weighted by molar-refractivity contribution is 5.94. The van der Waals surface area contributed by atoms with Crippen molar-refractivity contribution in [3.05, 3.63) is 95.4 Å². The topological polar surface area (TPSA) is 73.1 Å². The van der Waals surface area contributed by atoms with Crippen molar-refractivity contribution < 1.29 is 9.18 Å². The summed E-state index contributed by atoms with van der Waals surface area (Å²) in [6.07, 6.45) is 3.36. The van der Waals surface area contributed by atoms with Gasteiger partial charge in [-0.15, -0.1) is 0 Å². The van der Waals surface area contributed by atoms with Crippen molar-refractivity contribution in [3.8, 4) is 11.8 Å². The van der Waals surface area contributed by atoms with Crippen molar-refractivity contribution in [2.45, 2.75) is 31.3 Å². The van der Waals surface area contributed by atoms with E-state index in [4.69, 9.17) is 0 Å². The number of benzene rings is 3. The monoisotopic (exact) mass is 481 g/mol. The molecule has 2 amide bonds. The van der Waals surface area contributed by atoms with Crippen LogP contribution >= 0.6 is 0 Å². The predicted molar refractivity (Wildman–Crippen MR) is 140 cm³/mol. The van der Waals surface area contributed by atoms with Crippen LogP contribution in [0.2, 0.25) is 0 Å². The zero-order chi connectivity index (χ0) is 24.9. The Morgan fingerprint density at radius 3 is 2.75 bits per heavy atom. The Morgan fingerprint density at radius 2 is 1.94 bits per heavy atom. The average molecular weight is 482 g/mol. The standard InChI is InChI=1S/C29H28FN5O/c1-35-17-6-5-12-27(35)28(21-9-3-2-4-10-21)32-29(36)31-23-14-16-26-24(19-23)25(33-34-26)15-13-20-8-7-11-22(30)18-20/h2-4,7-11,14,16,18-19,27-28H,5-6,12,17H2,1H3,(H,33,34)(H2,31,32,36)/t27-,28-/m1/s1. The second-order valence-electron chi connectivity index (χ2n) is 9.12. The summed E-state index contributed by atoms with van der Waals surface area (Å²) in [6, 6.07) is 21.6. The fraction of sp³-hybridized carbons (Fsp3) is 0.241. The first-order valence-electron chi connectivity index (χ1n) is 12.2. The summed E-state index contributed by atoms with van der Waals surface area (Å²) >= 11 is 0. The first kappa shape index (κ1) is 23.6. The molecule has 1 saturated heterocycles. The zero-order valence-corrected chi connectivity index (χ0v) is 20.1. The maximum Gasteiger partial charge on any atom is 0.319 e. The highest BCUT2D eigenvalue weighted by atomic mass is 19.1. The van der Waals surface area contributed by atoms with E-state index in [1.165, 1.54) is 18.6 Å². The molecule has 4 aromatic rings. The second kappa shape index (κ2) is 10.6. The van der Waals surface area contributed by atoms with Crippen LogP contribution in [0.3, 0.4) is 0 Å². The lowest BCUT2D eigenvalue weighted by Crippen LogP contribution is -2.47. The molecule has 0 aliphatic carbocycles. The quantitative estimate of drug-likeness (QED) is 0.340. The lowest BCUT2D eigenvalue weighted by Gasteiger charge is -2.38. The summed E-state index contributed by atoms with van der Waals surface area (Å²) in [4.78, 5) is 15.5. The number of H-pyrrole nitrogens is 1. The fourth-order valence-corrected chi connectivity index (χ4v) is 4.78. The van der Waals surface area contributed by atoms with E-state index >= 15 is 0 Å². The van der Waals surface area contributed by atoms with E-state index in [1.807, 2.05) is 36.4 Å². The number of aromatic nitrogens is 2. The molecular weight excluding hydrogens is 453 g/mol. The van der Waals surface area contributed by atoms with Crippen LogP contribution in [-0.4, -0.2) is 40.8 Å². The molecular formula is C29H28FN5O. The molecule has 6 nitrogen and oxygen atoms in total. The van der Waals surface area contributed by atoms with Crippen molar-refractivity contribution in [3.63, 3.8) is 0 Å². The van der Waals surface area contributed by atoms with E-state index in [1.54, 1.807) is 12.1 Å². The Hall–Kier alpha value is -4.15. The van der Waals surface area contributed by atoms with Crippen LogP contribution in [0, 0.1) is 17.7 Å². The number of likely N-dealkylation sites (N-methyl/N-ethyl adjacent to an activating group) is 1. The van der Waals surface area contributed by atoms with Crippen molar-refractivity contribution in [2.75, 3.05) is 18.9 Å². The van der Waals surface area contributed by atoms with E-state index in [9.17, 15) is 9.18 Å². The SMILES string of the molecule is CN1CCCC[C@@H]1[C@H](NC(=O)Nc1ccc2n[nH]c(C#Cc3cccc(F)c3)c2c1)c1ccccc1. The molecule has 3 aromatic carbocycles. The van der Waals surface area contributed by atoms with Crippen LogP contribution in [0.25, 0.3) is 10.9 Å². The summed E-state index contributed by atoms with van der Waals surface area (Å²) in [5, 5.41) is 14.2. The molecule has 36 heavy (non-hydrogen) atoms. The lowest BCUT2D eigenvalue weighted by molar-refractivity contribution is 0.147. The maximum atomic E-state index is 13.5. The third-order valence-corrected chi connectivity index (χ3v) is 6.63. The molecule has 2 atom stereocenters. The van der Waals surface area contributed by atoms with Gasteiger partial charge in [0, 0.05) is 22.7 Å². The molecule has 0 spiro atoms. The van der Waals surface area contributed by atoms with Gasteiger partial charge in [0.15, 0.2) is 0 Å². The van der Waals surface area contributed by atoms with Crippen LogP contribution in [0.15, 0.2) is 72.8 Å². The lowest BCUT2D eigenvalue weighted by atomic mass is 9.91. The van der Waals surface area contributed by atoms with Gasteiger partial charge in [-0.1, -0.05) is 48.7 Å². The Balaban J connectivity index is 1.35. The van der Waals surface area contributed by atoms with Crippen molar-refractivity contribution >= 4 is 22.6 Å². The highest BCUT2D eigenvalue weighted by Gasteiger charge is 2.30. The number of amides is 2. The van der Waals surface area contributed by atoms with Gasteiger partial charge in [0.2, 0.25) is 0 Å². The Morgan fingerprint density at radius 1 is 1.08 bits per heavy atom. The highest BCUT2D eigenvalue weighted by Crippen LogP contribution is 2.28. The first-order valence-corrected chi connectivity index (χ1v) is 12.2. The molecule has 0 bridgehead atoms. The van der Waals surface area contributed by atoms with E-state index in [0.29, 0.717) is 16.9 Å². The number of carbonyl (C=O) groups excluding carboxylic acids is 1. The molecule has 2 heterocycles. The number of hydrogen-bond acceptors (Lipinski definition) is 3. The molecule has 1 fully saturated rings. The predicted octanol–water partition coefficient (Wildman–Crippen LogP) is 5.45. The number of fused-ring (bicyclic) bond motifs is 1. The molecule has 1 aliphatic heterocycles. The summed E-state index contributed by atoms with van der Waals surface area (Å²) in [5.41, 5.74) is 3.64. The Labute approximate surface area is 209 Å². The summed E-state index contributed by atoms with van der Waals surface area (Å²) in [6.45, 7) is 1.02. The van der Waals surface area contributed by atoms with Gasteiger partial charge in [0.25, 0.3) is 0 Å². The third kappa shape index (κ3) is 5.40. The van der Waals surface area contributed by atoms with Gasteiger partial charge in [0.1, 0.15) is 11.5 Å². The number of halogens is 1. The van der Waals surface area contributed by atoms with Gasteiger partial charge >= 0.3 is 6.03 Å². The molecule has 0 unspecified atom stereocenters. The number of aromatic amines is 1. The van der Waals surface area contributed by atoms with Gasteiger partial charge in [-0.3, -0.25) is 5.10 Å². The minimum atomic E-state index is -0.331. The van der Waals surface area contributed by atoms with E-state index in [0.717, 1.165) is 35.9 Å². The summed E-state index contributed by atoms with van der Waals surface area (Å²) in [7, 11) is 2.12. The summed E-state index contributed by atoms with van der Waals surface area (Å²) in [5.74, 6) is 5.65. The molecule has 7 heteroatoms. The molecule has 182 valence electrons. The number of piperidine rings is 1. The number of urea groups is 1. The number of nitrogens with zero attached hydrogens (tertiary/aromatic N) is 2. The van der Waals surface area contributed by atoms with Crippen molar-refractivity contribution in [1.82, 2.24) is 20.4 Å². The third-order valence-electron chi connectivity index (χ3n) is 6.63. The minimum absolute atomic E-state index is 0.123. The number of carbonyl (C=O) groups is 1. The van der Waals surface area contributed by atoms with Crippen LogP contribution in [0.5, 0.6) is 0 Å². The molecule has 0 radical (unpaired) electrons. The van der Waals surface area contributed by atoms with E-state index in [2.05, 4.69) is 56.8 Å². The molecule has 1 aromatic heterocycles. The van der Waals surface area contributed by atoms with Gasteiger partial charge in [-0.2, -0.15) is 5.10 Å². The second-order valence-corrected chi connectivity index (χ2v) is 9.12. The normalized spacial score (nSPS) is 16.7. The van der Waals surface area contributed by atoms with Crippen LogP contribution in [-0.2, 0) is 0 Å². The minimum Gasteiger partial charge on any atom is -0.329 e. The molecule has 0 saturated carbocycles. The van der Waals surface area contributed by atoms with Gasteiger partial charge in [-0.25, -0.2) is 9.18 Å². The average Bonchev–Trinajstić information content (AvgIpc) is 3.29. The maximum absolute atomic E-state index is 13.5. The van der Waals surface area contributed by atoms with Crippen molar-refractivity contribution in [1.29, 1.82) is 0 Å². The van der Waals surface area contributed by atoms with E-state index in [-0.39, 0.29) is 23.9 Å².